The predicted octanol–water partition coefficient (Wildman–Crippen LogP) is 4.03. The SMILES string of the molecule is Cc1ccc2c(c1)CC(CNc1c(C)cccc1C)O2. The Hall–Kier alpha value is -1.96. The summed E-state index contributed by atoms with van der Waals surface area (Å²) in [6, 6.07) is 12.8. The van der Waals surface area contributed by atoms with Crippen molar-refractivity contribution < 1.29 is 4.74 Å². The molecule has 0 bridgehead atoms. The van der Waals surface area contributed by atoms with Crippen LogP contribution in [0.5, 0.6) is 5.75 Å². The fourth-order valence-corrected chi connectivity index (χ4v) is 2.87. The summed E-state index contributed by atoms with van der Waals surface area (Å²) >= 11 is 0. The van der Waals surface area contributed by atoms with Gasteiger partial charge in [0.25, 0.3) is 0 Å². The number of para-hydroxylation sites is 1. The maximum absolute atomic E-state index is 6.00. The third-order valence-corrected chi connectivity index (χ3v) is 3.94. The second-order valence-electron chi connectivity index (χ2n) is 5.70. The molecule has 20 heavy (non-hydrogen) atoms. The van der Waals surface area contributed by atoms with E-state index in [1.165, 1.54) is 27.9 Å². The van der Waals surface area contributed by atoms with Crippen LogP contribution in [0.2, 0.25) is 0 Å². The van der Waals surface area contributed by atoms with Crippen LogP contribution in [-0.2, 0) is 6.42 Å². The fraction of sp³-hybridized carbons (Fsp3) is 0.333. The molecule has 1 unspecified atom stereocenters. The Bertz CT molecular complexity index is 613. The molecule has 0 amide bonds. The molecule has 1 aliphatic heterocycles. The first-order valence-electron chi connectivity index (χ1n) is 7.20. The Labute approximate surface area is 120 Å². The third kappa shape index (κ3) is 2.51. The van der Waals surface area contributed by atoms with Crippen LogP contribution in [-0.4, -0.2) is 12.6 Å². The Morgan fingerprint density at radius 3 is 2.60 bits per heavy atom. The molecule has 0 saturated carbocycles. The largest absolute Gasteiger partial charge is 0.488 e. The summed E-state index contributed by atoms with van der Waals surface area (Å²) in [6.07, 6.45) is 1.22. The van der Waals surface area contributed by atoms with Gasteiger partial charge in [-0.25, -0.2) is 0 Å². The topological polar surface area (TPSA) is 21.3 Å². The van der Waals surface area contributed by atoms with E-state index in [2.05, 4.69) is 62.5 Å². The highest BCUT2D eigenvalue weighted by atomic mass is 16.5. The van der Waals surface area contributed by atoms with Gasteiger partial charge in [-0.15, -0.1) is 0 Å². The van der Waals surface area contributed by atoms with Gasteiger partial charge in [0.1, 0.15) is 11.9 Å². The lowest BCUT2D eigenvalue weighted by Gasteiger charge is -2.16. The zero-order chi connectivity index (χ0) is 14.1. The van der Waals surface area contributed by atoms with E-state index in [-0.39, 0.29) is 6.10 Å². The van der Waals surface area contributed by atoms with E-state index in [1.807, 2.05) is 0 Å². The molecule has 0 saturated heterocycles. The minimum Gasteiger partial charge on any atom is -0.488 e. The van der Waals surface area contributed by atoms with Gasteiger partial charge in [-0.05, 0) is 43.5 Å². The van der Waals surface area contributed by atoms with Crippen LogP contribution in [0.25, 0.3) is 0 Å². The highest BCUT2D eigenvalue weighted by molar-refractivity contribution is 5.56. The van der Waals surface area contributed by atoms with Crippen molar-refractivity contribution in [1.82, 2.24) is 0 Å². The van der Waals surface area contributed by atoms with Gasteiger partial charge in [0, 0.05) is 12.1 Å². The van der Waals surface area contributed by atoms with Crippen molar-refractivity contribution in [2.24, 2.45) is 0 Å². The minimum absolute atomic E-state index is 0.228. The summed E-state index contributed by atoms with van der Waals surface area (Å²) in [5.74, 6) is 1.05. The van der Waals surface area contributed by atoms with E-state index in [0.29, 0.717) is 0 Å². The number of anilines is 1. The van der Waals surface area contributed by atoms with Gasteiger partial charge >= 0.3 is 0 Å². The number of fused-ring (bicyclic) bond motifs is 1. The monoisotopic (exact) mass is 267 g/mol. The molecule has 0 fully saturated rings. The summed E-state index contributed by atoms with van der Waals surface area (Å²) in [7, 11) is 0. The lowest BCUT2D eigenvalue weighted by Crippen LogP contribution is -2.24. The van der Waals surface area contributed by atoms with E-state index in [0.717, 1.165) is 18.7 Å². The predicted molar refractivity (Wildman–Crippen MR) is 83.7 cm³/mol. The Morgan fingerprint density at radius 2 is 1.85 bits per heavy atom. The van der Waals surface area contributed by atoms with Crippen molar-refractivity contribution in [3.8, 4) is 5.75 Å². The third-order valence-electron chi connectivity index (χ3n) is 3.94. The van der Waals surface area contributed by atoms with E-state index in [9.17, 15) is 0 Å². The van der Waals surface area contributed by atoms with Crippen molar-refractivity contribution in [3.63, 3.8) is 0 Å². The Morgan fingerprint density at radius 1 is 1.10 bits per heavy atom. The van der Waals surface area contributed by atoms with Crippen molar-refractivity contribution >= 4 is 5.69 Å². The van der Waals surface area contributed by atoms with Crippen LogP contribution < -0.4 is 10.1 Å². The van der Waals surface area contributed by atoms with Gasteiger partial charge in [0.05, 0.1) is 6.54 Å². The fourth-order valence-electron chi connectivity index (χ4n) is 2.87. The number of hydrogen-bond donors (Lipinski definition) is 1. The molecule has 0 spiro atoms. The van der Waals surface area contributed by atoms with Crippen LogP contribution in [0.1, 0.15) is 22.3 Å². The van der Waals surface area contributed by atoms with Gasteiger partial charge in [-0.1, -0.05) is 35.9 Å². The van der Waals surface area contributed by atoms with Crippen LogP contribution >= 0.6 is 0 Å². The average molecular weight is 267 g/mol. The molecule has 0 radical (unpaired) electrons. The highest BCUT2D eigenvalue weighted by Crippen LogP contribution is 2.30. The molecule has 2 aromatic carbocycles. The number of rotatable bonds is 3. The number of hydrogen-bond acceptors (Lipinski definition) is 2. The van der Waals surface area contributed by atoms with E-state index >= 15 is 0 Å². The second-order valence-corrected chi connectivity index (χ2v) is 5.70. The van der Waals surface area contributed by atoms with E-state index < -0.39 is 0 Å². The maximum atomic E-state index is 6.00. The number of benzene rings is 2. The molecule has 3 rings (SSSR count). The highest BCUT2D eigenvalue weighted by Gasteiger charge is 2.22. The number of aryl methyl sites for hydroxylation is 3. The molecule has 1 aliphatic rings. The second kappa shape index (κ2) is 5.20. The standard InChI is InChI=1S/C18H21NO/c1-12-7-8-17-15(9-12)10-16(20-17)11-19-18-13(2)5-4-6-14(18)3/h4-9,16,19H,10-11H2,1-3H3. The molecule has 0 aliphatic carbocycles. The van der Waals surface area contributed by atoms with Crippen molar-refractivity contribution in [3.05, 3.63) is 58.7 Å². The van der Waals surface area contributed by atoms with E-state index in [4.69, 9.17) is 4.74 Å². The molecule has 104 valence electrons. The van der Waals surface area contributed by atoms with Gasteiger partial charge in [0.15, 0.2) is 0 Å². The zero-order valence-corrected chi connectivity index (χ0v) is 12.4. The summed E-state index contributed by atoms with van der Waals surface area (Å²) in [6.45, 7) is 7.26. The lowest BCUT2D eigenvalue weighted by molar-refractivity contribution is 0.246. The average Bonchev–Trinajstić information content (AvgIpc) is 2.80. The first kappa shape index (κ1) is 13.0. The summed E-state index contributed by atoms with van der Waals surface area (Å²) in [5.41, 5.74) is 6.45. The molecular formula is C18H21NO. The van der Waals surface area contributed by atoms with Crippen LogP contribution in [0.4, 0.5) is 5.69 Å². The van der Waals surface area contributed by atoms with Gasteiger partial charge in [-0.3, -0.25) is 0 Å². The molecule has 0 aromatic heterocycles. The van der Waals surface area contributed by atoms with E-state index in [1.54, 1.807) is 0 Å². The zero-order valence-electron chi connectivity index (χ0n) is 12.4. The molecule has 2 nitrogen and oxygen atoms in total. The molecule has 2 heteroatoms. The molecular weight excluding hydrogens is 246 g/mol. The van der Waals surface area contributed by atoms with Crippen molar-refractivity contribution in [2.45, 2.75) is 33.3 Å². The summed E-state index contributed by atoms with van der Waals surface area (Å²) in [4.78, 5) is 0. The molecule has 1 atom stereocenters. The van der Waals surface area contributed by atoms with Crippen molar-refractivity contribution in [1.29, 1.82) is 0 Å². The first-order valence-corrected chi connectivity index (χ1v) is 7.20. The van der Waals surface area contributed by atoms with Gasteiger partial charge in [0.2, 0.25) is 0 Å². The summed E-state index contributed by atoms with van der Waals surface area (Å²) in [5, 5.41) is 3.55. The van der Waals surface area contributed by atoms with Crippen molar-refractivity contribution in [2.75, 3.05) is 11.9 Å². The maximum Gasteiger partial charge on any atom is 0.123 e. The minimum atomic E-state index is 0.228. The lowest BCUT2D eigenvalue weighted by atomic mass is 10.1. The number of nitrogens with one attached hydrogen (secondary N) is 1. The summed E-state index contributed by atoms with van der Waals surface area (Å²) < 4.78 is 6.00. The van der Waals surface area contributed by atoms with Gasteiger partial charge < -0.3 is 10.1 Å². The normalized spacial score (nSPS) is 16.6. The van der Waals surface area contributed by atoms with Crippen LogP contribution in [0, 0.1) is 20.8 Å². The van der Waals surface area contributed by atoms with Gasteiger partial charge in [-0.2, -0.15) is 0 Å². The van der Waals surface area contributed by atoms with Crippen LogP contribution in [0.15, 0.2) is 36.4 Å². The number of ether oxygens (including phenoxy) is 1. The Kier molecular flexibility index (Phi) is 3.39. The molecule has 1 heterocycles. The Balaban J connectivity index is 1.67. The van der Waals surface area contributed by atoms with Crippen LogP contribution in [0.3, 0.4) is 0 Å². The first-order chi connectivity index (χ1) is 9.63. The molecule has 2 aromatic rings. The quantitative estimate of drug-likeness (QED) is 0.906. The smallest absolute Gasteiger partial charge is 0.123 e. The molecule has 1 N–H and O–H groups in total.